The minimum absolute atomic E-state index is 0.0542. The van der Waals surface area contributed by atoms with Gasteiger partial charge in [0.25, 0.3) is 5.71 Å². The van der Waals surface area contributed by atoms with Crippen molar-refractivity contribution in [1.82, 2.24) is 15.0 Å². The maximum absolute atomic E-state index is 12.8. The molecule has 0 unspecified atom stereocenters. The fourth-order valence-corrected chi connectivity index (χ4v) is 2.81. The van der Waals surface area contributed by atoms with E-state index in [0.29, 0.717) is 22.2 Å². The van der Waals surface area contributed by atoms with Crippen LogP contribution in [0.2, 0.25) is 0 Å². The molecule has 29 heavy (non-hydrogen) atoms. The van der Waals surface area contributed by atoms with E-state index in [1.807, 2.05) is 0 Å². The van der Waals surface area contributed by atoms with Gasteiger partial charge in [-0.15, -0.1) is 0 Å². The van der Waals surface area contributed by atoms with E-state index in [-0.39, 0.29) is 29.1 Å². The van der Waals surface area contributed by atoms with Crippen LogP contribution in [0.3, 0.4) is 0 Å². The second kappa shape index (κ2) is 6.77. The van der Waals surface area contributed by atoms with Crippen LogP contribution in [0.5, 0.6) is 17.5 Å². The second-order valence-electron chi connectivity index (χ2n) is 6.43. The number of nitrogens with zero attached hydrogens (tertiary/aromatic N) is 3. The fourth-order valence-electron chi connectivity index (χ4n) is 2.81. The summed E-state index contributed by atoms with van der Waals surface area (Å²) < 4.78 is 49.5. The summed E-state index contributed by atoms with van der Waals surface area (Å²) in [5.41, 5.74) is 1.34. The van der Waals surface area contributed by atoms with Crippen molar-refractivity contribution in [3.63, 3.8) is 0 Å². The summed E-state index contributed by atoms with van der Waals surface area (Å²) in [5, 5.41) is 11.9. The van der Waals surface area contributed by atoms with Gasteiger partial charge in [-0.3, -0.25) is 5.11 Å². The number of ether oxygens (including phenoxy) is 1. The number of fused-ring (bicyclic) bond motifs is 1. The van der Waals surface area contributed by atoms with Gasteiger partial charge in [0, 0.05) is 5.56 Å². The van der Waals surface area contributed by atoms with E-state index in [2.05, 4.69) is 15.0 Å². The molecular weight excluding hydrogens is 387 g/mol. The van der Waals surface area contributed by atoms with Gasteiger partial charge in [0.15, 0.2) is 5.75 Å². The molecule has 0 spiro atoms. The Bertz CT molecular complexity index is 1200. The van der Waals surface area contributed by atoms with Gasteiger partial charge in [0.2, 0.25) is 5.89 Å². The second-order valence-corrected chi connectivity index (χ2v) is 6.43. The van der Waals surface area contributed by atoms with Gasteiger partial charge >= 0.3 is 12.2 Å². The molecule has 2 aromatic heterocycles. The third kappa shape index (κ3) is 3.71. The Labute approximate surface area is 162 Å². The zero-order valence-corrected chi connectivity index (χ0v) is 15.2. The van der Waals surface area contributed by atoms with Crippen molar-refractivity contribution in [2.75, 3.05) is 0 Å². The third-order valence-corrected chi connectivity index (χ3v) is 4.21. The Hall–Kier alpha value is -3.62. The van der Waals surface area contributed by atoms with Crippen LogP contribution in [-0.2, 0) is 11.3 Å². The summed E-state index contributed by atoms with van der Waals surface area (Å²) in [6.07, 6.45) is -3.14. The SMILES string of the molecule is Cc1cc(-c2nc3cnc(Oc4cccc(C(F)(F)F)c4)nc3o2)cc(C)c1[O]. The number of halogens is 3. The summed E-state index contributed by atoms with van der Waals surface area (Å²) in [6, 6.07) is 7.53. The molecule has 9 heteroatoms. The third-order valence-electron chi connectivity index (χ3n) is 4.21. The number of rotatable bonds is 3. The lowest BCUT2D eigenvalue weighted by Gasteiger charge is -2.08. The molecule has 0 saturated carbocycles. The molecule has 0 N–H and O–H groups in total. The minimum atomic E-state index is -4.49. The first kappa shape index (κ1) is 18.7. The number of alkyl halides is 3. The van der Waals surface area contributed by atoms with Gasteiger partial charge in [-0.05, 0) is 55.3 Å². The average Bonchev–Trinajstić information content (AvgIpc) is 3.08. The van der Waals surface area contributed by atoms with Crippen LogP contribution < -0.4 is 4.74 Å². The van der Waals surface area contributed by atoms with E-state index < -0.39 is 11.7 Å². The van der Waals surface area contributed by atoms with Gasteiger partial charge in [0.1, 0.15) is 11.3 Å². The van der Waals surface area contributed by atoms with Crippen molar-refractivity contribution in [3.05, 3.63) is 59.3 Å². The van der Waals surface area contributed by atoms with Crippen LogP contribution >= 0.6 is 0 Å². The van der Waals surface area contributed by atoms with Crippen LogP contribution in [0.1, 0.15) is 16.7 Å². The predicted molar refractivity (Wildman–Crippen MR) is 96.2 cm³/mol. The van der Waals surface area contributed by atoms with E-state index >= 15 is 0 Å². The number of oxazole rings is 1. The monoisotopic (exact) mass is 400 g/mol. The largest absolute Gasteiger partial charge is 0.424 e. The van der Waals surface area contributed by atoms with Gasteiger partial charge in [-0.25, -0.2) is 9.97 Å². The van der Waals surface area contributed by atoms with Crippen LogP contribution in [0, 0.1) is 13.8 Å². The molecule has 0 fully saturated rings. The Balaban J connectivity index is 1.66. The van der Waals surface area contributed by atoms with Gasteiger partial charge in [-0.1, -0.05) is 6.07 Å². The highest BCUT2D eigenvalue weighted by Gasteiger charge is 2.30. The quantitative estimate of drug-likeness (QED) is 0.430. The van der Waals surface area contributed by atoms with Crippen molar-refractivity contribution in [1.29, 1.82) is 0 Å². The summed E-state index contributed by atoms with van der Waals surface area (Å²) in [7, 11) is 0. The van der Waals surface area contributed by atoms with Crippen molar-refractivity contribution in [3.8, 4) is 29.0 Å². The van der Waals surface area contributed by atoms with Crippen molar-refractivity contribution >= 4 is 11.2 Å². The molecule has 0 amide bonds. The van der Waals surface area contributed by atoms with Crippen molar-refractivity contribution in [2.45, 2.75) is 20.0 Å². The smallest absolute Gasteiger partial charge is 0.416 e. The van der Waals surface area contributed by atoms with Crippen molar-refractivity contribution < 1.29 is 27.4 Å². The van der Waals surface area contributed by atoms with Crippen LogP contribution in [-0.4, -0.2) is 15.0 Å². The number of hydrogen-bond donors (Lipinski definition) is 0. The molecule has 0 aliphatic heterocycles. The summed E-state index contributed by atoms with van der Waals surface area (Å²) >= 11 is 0. The highest BCUT2D eigenvalue weighted by molar-refractivity contribution is 5.72. The first-order valence-electron chi connectivity index (χ1n) is 8.48. The molecule has 0 saturated heterocycles. The first-order chi connectivity index (χ1) is 13.7. The summed E-state index contributed by atoms with van der Waals surface area (Å²) in [6.45, 7) is 3.39. The topological polar surface area (TPSA) is 80.9 Å². The Morgan fingerprint density at radius 3 is 2.45 bits per heavy atom. The number of benzene rings is 2. The average molecular weight is 400 g/mol. The van der Waals surface area contributed by atoms with Crippen LogP contribution in [0.15, 0.2) is 47.0 Å². The number of aromatic nitrogens is 3. The van der Waals surface area contributed by atoms with E-state index in [1.165, 1.54) is 18.3 Å². The van der Waals surface area contributed by atoms with Gasteiger partial charge < -0.3 is 9.15 Å². The molecule has 4 aromatic rings. The molecular formula is C20H13F3N3O3. The number of aryl methyl sites for hydroxylation is 2. The molecule has 2 heterocycles. The number of hydrogen-bond acceptors (Lipinski definition) is 5. The van der Waals surface area contributed by atoms with E-state index in [0.717, 1.165) is 12.1 Å². The Kier molecular flexibility index (Phi) is 4.37. The molecule has 0 aliphatic carbocycles. The lowest BCUT2D eigenvalue weighted by atomic mass is 10.1. The van der Waals surface area contributed by atoms with Gasteiger partial charge in [0.05, 0.1) is 11.8 Å². The zero-order chi connectivity index (χ0) is 20.8. The van der Waals surface area contributed by atoms with E-state index in [1.54, 1.807) is 26.0 Å². The normalized spacial score (nSPS) is 11.8. The van der Waals surface area contributed by atoms with E-state index in [4.69, 9.17) is 9.15 Å². The molecule has 2 aromatic carbocycles. The lowest BCUT2D eigenvalue weighted by molar-refractivity contribution is -0.137. The molecule has 0 atom stereocenters. The predicted octanol–water partition coefficient (Wildman–Crippen LogP) is 5.86. The lowest BCUT2D eigenvalue weighted by Crippen LogP contribution is -2.04. The highest BCUT2D eigenvalue weighted by Crippen LogP contribution is 2.33. The summed E-state index contributed by atoms with van der Waals surface area (Å²) in [5.74, 6) is 0.134. The minimum Gasteiger partial charge on any atom is -0.424 e. The van der Waals surface area contributed by atoms with Crippen LogP contribution in [0.25, 0.3) is 22.7 Å². The van der Waals surface area contributed by atoms with Crippen LogP contribution in [0.4, 0.5) is 13.2 Å². The maximum atomic E-state index is 12.8. The molecule has 6 nitrogen and oxygen atoms in total. The summed E-state index contributed by atoms with van der Waals surface area (Å²) in [4.78, 5) is 12.3. The standard InChI is InChI=1S/C20H13F3N3O3/c1-10-6-12(7-11(2)16(10)27)17-25-15-9-24-19(26-18(15)29-17)28-14-5-3-4-13(8-14)20(21,22)23/h3-9H,1-2H3. The Morgan fingerprint density at radius 1 is 1.03 bits per heavy atom. The molecule has 1 radical (unpaired) electrons. The zero-order valence-electron chi connectivity index (χ0n) is 15.2. The van der Waals surface area contributed by atoms with Gasteiger partial charge in [-0.2, -0.15) is 18.2 Å². The molecule has 4 rings (SSSR count). The van der Waals surface area contributed by atoms with E-state index in [9.17, 15) is 18.3 Å². The molecule has 0 aliphatic rings. The first-order valence-corrected chi connectivity index (χ1v) is 8.48. The Morgan fingerprint density at radius 2 is 1.76 bits per heavy atom. The fraction of sp³-hybridized carbons (Fsp3) is 0.150. The highest BCUT2D eigenvalue weighted by atomic mass is 19.4. The maximum Gasteiger partial charge on any atom is 0.416 e. The van der Waals surface area contributed by atoms with Crippen molar-refractivity contribution in [2.24, 2.45) is 0 Å². The molecule has 147 valence electrons. The molecule has 0 bridgehead atoms.